The number of ether oxygens (including phenoxy) is 1. The Kier molecular flexibility index (Phi) is 4.95. The first-order valence-corrected chi connectivity index (χ1v) is 6.88. The van der Waals surface area contributed by atoms with Gasteiger partial charge in [0, 0.05) is 12.2 Å². The van der Waals surface area contributed by atoms with Gasteiger partial charge in [0.1, 0.15) is 5.75 Å². The predicted octanol–water partition coefficient (Wildman–Crippen LogP) is 2.78. The number of carbonyl (C=O) groups is 1. The van der Waals surface area contributed by atoms with Gasteiger partial charge in [-0.15, -0.1) is 0 Å². The van der Waals surface area contributed by atoms with E-state index in [1.165, 1.54) is 0 Å². The van der Waals surface area contributed by atoms with E-state index in [4.69, 9.17) is 10.5 Å². The number of hydrogen-bond acceptors (Lipinski definition) is 3. The largest absolute Gasteiger partial charge is 0.483 e. The predicted molar refractivity (Wildman–Crippen MR) is 84.4 cm³/mol. The van der Waals surface area contributed by atoms with Gasteiger partial charge in [-0.3, -0.25) is 4.79 Å². The van der Waals surface area contributed by atoms with Gasteiger partial charge in [0.15, 0.2) is 6.61 Å². The SMILES string of the molecule is Cc1cccc(C)c1OCC(=O)Nc1ccc(CN)cc1. The quantitative estimate of drug-likeness (QED) is 0.887. The highest BCUT2D eigenvalue weighted by atomic mass is 16.5. The minimum Gasteiger partial charge on any atom is -0.483 e. The molecule has 0 bridgehead atoms. The van der Waals surface area contributed by atoms with Crippen molar-refractivity contribution in [3.8, 4) is 5.75 Å². The first-order chi connectivity index (χ1) is 10.1. The van der Waals surface area contributed by atoms with E-state index in [9.17, 15) is 4.79 Å². The van der Waals surface area contributed by atoms with Gasteiger partial charge in [0.25, 0.3) is 5.91 Å². The van der Waals surface area contributed by atoms with E-state index in [-0.39, 0.29) is 12.5 Å². The molecule has 0 saturated carbocycles. The van der Waals surface area contributed by atoms with Gasteiger partial charge in [-0.1, -0.05) is 30.3 Å². The van der Waals surface area contributed by atoms with Crippen molar-refractivity contribution in [2.24, 2.45) is 5.73 Å². The van der Waals surface area contributed by atoms with Crippen molar-refractivity contribution in [3.63, 3.8) is 0 Å². The summed E-state index contributed by atoms with van der Waals surface area (Å²) < 4.78 is 5.61. The smallest absolute Gasteiger partial charge is 0.262 e. The van der Waals surface area contributed by atoms with Crippen molar-refractivity contribution in [1.82, 2.24) is 0 Å². The Labute approximate surface area is 124 Å². The van der Waals surface area contributed by atoms with Gasteiger partial charge in [0.2, 0.25) is 0 Å². The fourth-order valence-corrected chi connectivity index (χ4v) is 2.09. The number of carbonyl (C=O) groups excluding carboxylic acids is 1. The van der Waals surface area contributed by atoms with Gasteiger partial charge in [0.05, 0.1) is 0 Å². The summed E-state index contributed by atoms with van der Waals surface area (Å²) in [6.45, 7) is 4.41. The highest BCUT2D eigenvalue weighted by Crippen LogP contribution is 2.22. The number of nitrogens with two attached hydrogens (primary N) is 1. The lowest BCUT2D eigenvalue weighted by atomic mass is 10.1. The van der Waals surface area contributed by atoms with Crippen LogP contribution in [-0.2, 0) is 11.3 Å². The Morgan fingerprint density at radius 2 is 1.71 bits per heavy atom. The van der Waals surface area contributed by atoms with Crippen LogP contribution in [0.4, 0.5) is 5.69 Å². The maximum atomic E-state index is 11.9. The van der Waals surface area contributed by atoms with E-state index in [2.05, 4.69) is 5.32 Å². The zero-order valence-corrected chi connectivity index (χ0v) is 12.3. The average molecular weight is 284 g/mol. The van der Waals surface area contributed by atoms with Gasteiger partial charge >= 0.3 is 0 Å². The second-order valence-electron chi connectivity index (χ2n) is 4.96. The first-order valence-electron chi connectivity index (χ1n) is 6.88. The van der Waals surface area contributed by atoms with Gasteiger partial charge < -0.3 is 15.8 Å². The molecule has 0 aromatic heterocycles. The molecule has 2 rings (SSSR count). The van der Waals surface area contributed by atoms with Crippen molar-refractivity contribution in [1.29, 1.82) is 0 Å². The van der Waals surface area contributed by atoms with E-state index in [0.29, 0.717) is 6.54 Å². The molecule has 0 atom stereocenters. The Hall–Kier alpha value is -2.33. The minimum absolute atomic E-state index is 0.00959. The van der Waals surface area contributed by atoms with E-state index in [0.717, 1.165) is 28.1 Å². The fraction of sp³-hybridized carbons (Fsp3) is 0.235. The number of rotatable bonds is 5. The standard InChI is InChI=1S/C17H20N2O2/c1-12-4-3-5-13(2)17(12)21-11-16(20)19-15-8-6-14(10-18)7-9-15/h3-9H,10-11,18H2,1-2H3,(H,19,20). The first kappa shape index (κ1) is 15.1. The Balaban J connectivity index is 1.92. The Bertz CT molecular complexity index is 601. The van der Waals surface area contributed by atoms with Crippen LogP contribution in [0.5, 0.6) is 5.75 Å². The number of benzene rings is 2. The lowest BCUT2D eigenvalue weighted by Crippen LogP contribution is -2.20. The lowest BCUT2D eigenvalue weighted by molar-refractivity contribution is -0.118. The number of para-hydroxylation sites is 1. The number of nitrogens with one attached hydrogen (secondary N) is 1. The summed E-state index contributed by atoms with van der Waals surface area (Å²) in [5, 5.41) is 2.80. The maximum Gasteiger partial charge on any atom is 0.262 e. The molecule has 2 aromatic carbocycles. The maximum absolute atomic E-state index is 11.9. The third-order valence-electron chi connectivity index (χ3n) is 3.23. The summed E-state index contributed by atoms with van der Waals surface area (Å²) in [4.78, 5) is 11.9. The number of anilines is 1. The fourth-order valence-electron chi connectivity index (χ4n) is 2.09. The monoisotopic (exact) mass is 284 g/mol. The molecule has 0 radical (unpaired) electrons. The summed E-state index contributed by atoms with van der Waals surface area (Å²) in [6.07, 6.45) is 0. The molecule has 3 N–H and O–H groups in total. The molecular formula is C17H20N2O2. The number of amides is 1. The Morgan fingerprint density at radius 1 is 1.10 bits per heavy atom. The lowest BCUT2D eigenvalue weighted by Gasteiger charge is -2.12. The molecular weight excluding hydrogens is 264 g/mol. The third kappa shape index (κ3) is 4.07. The molecule has 21 heavy (non-hydrogen) atoms. The molecule has 110 valence electrons. The topological polar surface area (TPSA) is 64.3 Å². The van der Waals surface area contributed by atoms with Crippen molar-refractivity contribution in [2.75, 3.05) is 11.9 Å². The summed E-state index contributed by atoms with van der Waals surface area (Å²) >= 11 is 0. The van der Waals surface area contributed by atoms with Gasteiger partial charge in [-0.05, 0) is 42.7 Å². The van der Waals surface area contributed by atoms with Crippen LogP contribution >= 0.6 is 0 Å². The summed E-state index contributed by atoms with van der Waals surface area (Å²) in [5.74, 6) is 0.587. The molecule has 0 aliphatic rings. The van der Waals surface area contributed by atoms with E-state index in [1.54, 1.807) is 0 Å². The van der Waals surface area contributed by atoms with Crippen LogP contribution < -0.4 is 15.8 Å². The minimum atomic E-state index is -0.182. The van der Waals surface area contributed by atoms with Crippen molar-refractivity contribution in [2.45, 2.75) is 20.4 Å². The molecule has 4 heteroatoms. The molecule has 2 aromatic rings. The van der Waals surface area contributed by atoms with Crippen LogP contribution in [0.1, 0.15) is 16.7 Å². The number of aryl methyl sites for hydroxylation is 2. The van der Waals surface area contributed by atoms with Crippen molar-refractivity contribution in [3.05, 3.63) is 59.2 Å². The van der Waals surface area contributed by atoms with Crippen LogP contribution in [0.15, 0.2) is 42.5 Å². The molecule has 4 nitrogen and oxygen atoms in total. The van der Waals surface area contributed by atoms with Crippen molar-refractivity contribution < 1.29 is 9.53 Å². The zero-order valence-electron chi connectivity index (χ0n) is 12.3. The summed E-state index contributed by atoms with van der Waals surface area (Å²) in [7, 11) is 0. The summed E-state index contributed by atoms with van der Waals surface area (Å²) in [6, 6.07) is 13.3. The van der Waals surface area contributed by atoms with Crippen LogP contribution in [0.3, 0.4) is 0 Å². The van der Waals surface area contributed by atoms with Crippen LogP contribution in [0, 0.1) is 13.8 Å². The molecule has 0 aliphatic carbocycles. The van der Waals surface area contributed by atoms with E-state index in [1.807, 2.05) is 56.3 Å². The zero-order chi connectivity index (χ0) is 15.2. The van der Waals surface area contributed by atoms with Gasteiger partial charge in [-0.25, -0.2) is 0 Å². The van der Waals surface area contributed by atoms with Crippen LogP contribution in [-0.4, -0.2) is 12.5 Å². The highest BCUT2D eigenvalue weighted by molar-refractivity contribution is 5.91. The Morgan fingerprint density at radius 3 is 2.29 bits per heavy atom. The molecule has 0 spiro atoms. The second kappa shape index (κ2) is 6.90. The normalized spacial score (nSPS) is 10.2. The van der Waals surface area contributed by atoms with E-state index < -0.39 is 0 Å². The average Bonchev–Trinajstić information content (AvgIpc) is 2.47. The van der Waals surface area contributed by atoms with Crippen LogP contribution in [0.25, 0.3) is 0 Å². The molecule has 0 fully saturated rings. The second-order valence-corrected chi connectivity index (χ2v) is 4.96. The highest BCUT2D eigenvalue weighted by Gasteiger charge is 2.07. The molecule has 0 heterocycles. The van der Waals surface area contributed by atoms with Crippen molar-refractivity contribution >= 4 is 11.6 Å². The molecule has 0 unspecified atom stereocenters. The van der Waals surface area contributed by atoms with E-state index >= 15 is 0 Å². The third-order valence-corrected chi connectivity index (χ3v) is 3.23. The van der Waals surface area contributed by atoms with Crippen LogP contribution in [0.2, 0.25) is 0 Å². The molecule has 1 amide bonds. The molecule has 0 aliphatic heterocycles. The van der Waals surface area contributed by atoms with Gasteiger partial charge in [-0.2, -0.15) is 0 Å². The number of hydrogen-bond donors (Lipinski definition) is 2. The molecule has 0 saturated heterocycles. The summed E-state index contributed by atoms with van der Waals surface area (Å²) in [5.41, 5.74) is 9.35.